The molecular formula is C19H8O2S4. The van der Waals surface area contributed by atoms with Crippen molar-refractivity contribution >= 4 is 76.4 Å². The fourth-order valence-electron chi connectivity index (χ4n) is 3.14. The molecule has 0 aliphatic heterocycles. The smallest absolute Gasteiger partial charge is 0.335 e. The zero-order chi connectivity index (χ0) is 17.9. The van der Waals surface area contributed by atoms with Crippen molar-refractivity contribution in [1.82, 2.24) is 0 Å². The minimum Gasteiger partial charge on any atom is -0.478 e. The summed E-state index contributed by atoms with van der Waals surface area (Å²) in [6.07, 6.45) is 0. The van der Waals surface area contributed by atoms with Crippen molar-refractivity contribution < 1.29 is 9.90 Å². The lowest BCUT2D eigenvalue weighted by Gasteiger charge is -2.06. The molecule has 120 valence electrons. The van der Waals surface area contributed by atoms with Gasteiger partial charge in [-0.1, -0.05) is 79.2 Å². The number of hydrogen-bond donors (Lipinski definition) is 1. The summed E-state index contributed by atoms with van der Waals surface area (Å²) in [5.74, 6) is -1.01. The van der Waals surface area contributed by atoms with Gasteiger partial charge in [-0.05, 0) is 12.1 Å². The highest BCUT2D eigenvalue weighted by Crippen LogP contribution is 2.27. The van der Waals surface area contributed by atoms with Crippen LogP contribution in [0.1, 0.15) is 10.4 Å². The molecule has 4 rings (SSSR count). The van der Waals surface area contributed by atoms with Crippen LogP contribution in [0, 0.1) is 28.5 Å². The first-order valence-electron chi connectivity index (χ1n) is 7.31. The van der Waals surface area contributed by atoms with Crippen molar-refractivity contribution in [3.8, 4) is 0 Å². The van der Waals surface area contributed by atoms with Crippen LogP contribution in [-0.2, 0) is 0 Å². The number of aromatic carboxylic acids is 1. The van der Waals surface area contributed by atoms with Gasteiger partial charge in [0, 0.05) is 32.0 Å². The first-order valence-corrected chi connectivity index (χ1v) is 8.94. The van der Waals surface area contributed by atoms with Crippen molar-refractivity contribution in [1.29, 1.82) is 0 Å². The van der Waals surface area contributed by atoms with E-state index in [1.807, 2.05) is 24.3 Å². The lowest BCUT2D eigenvalue weighted by Crippen LogP contribution is -1.96. The molecule has 2 nitrogen and oxygen atoms in total. The maximum absolute atomic E-state index is 11.3. The largest absolute Gasteiger partial charge is 0.478 e. The first kappa shape index (κ1) is 16.5. The first-order chi connectivity index (χ1) is 11.9. The average molecular weight is 397 g/mol. The van der Waals surface area contributed by atoms with E-state index < -0.39 is 5.97 Å². The Bertz CT molecular complexity index is 1500. The molecule has 0 amide bonds. The van der Waals surface area contributed by atoms with Crippen molar-refractivity contribution in [2.24, 2.45) is 0 Å². The number of fused-ring (bicyclic) bond motifs is 2. The molecule has 0 fully saturated rings. The van der Waals surface area contributed by atoms with E-state index in [1.54, 1.807) is 12.1 Å². The molecule has 2 aromatic rings. The van der Waals surface area contributed by atoms with E-state index in [9.17, 15) is 9.90 Å². The van der Waals surface area contributed by atoms with Crippen LogP contribution in [-0.4, -0.2) is 11.1 Å². The van der Waals surface area contributed by atoms with E-state index in [0.29, 0.717) is 33.9 Å². The van der Waals surface area contributed by atoms with Crippen molar-refractivity contribution in [2.75, 3.05) is 0 Å². The van der Waals surface area contributed by atoms with Gasteiger partial charge in [0.15, 0.2) is 0 Å². The quantitative estimate of drug-likeness (QED) is 0.386. The predicted octanol–water partition coefficient (Wildman–Crippen LogP) is 6.21. The van der Waals surface area contributed by atoms with Gasteiger partial charge in [-0.2, -0.15) is 0 Å². The zero-order valence-electron chi connectivity index (χ0n) is 12.5. The fourth-order valence-corrected chi connectivity index (χ4v) is 4.79. The van der Waals surface area contributed by atoms with Gasteiger partial charge in [0.1, 0.15) is 0 Å². The van der Waals surface area contributed by atoms with E-state index in [4.69, 9.17) is 48.9 Å². The van der Waals surface area contributed by atoms with E-state index in [1.165, 1.54) is 6.07 Å². The van der Waals surface area contributed by atoms with Crippen LogP contribution in [0.5, 0.6) is 0 Å². The molecule has 0 unspecified atom stereocenters. The van der Waals surface area contributed by atoms with E-state index >= 15 is 0 Å². The van der Waals surface area contributed by atoms with Crippen LogP contribution in [0.2, 0.25) is 0 Å². The van der Waals surface area contributed by atoms with Gasteiger partial charge < -0.3 is 5.11 Å². The maximum Gasteiger partial charge on any atom is 0.335 e. The summed E-state index contributed by atoms with van der Waals surface area (Å²) < 4.78 is 2.32. The third-order valence-electron chi connectivity index (χ3n) is 4.33. The molecule has 2 aliphatic carbocycles. The summed E-state index contributed by atoms with van der Waals surface area (Å²) in [7, 11) is 0. The minimum atomic E-state index is -1.01. The van der Waals surface area contributed by atoms with E-state index in [-0.39, 0.29) is 5.56 Å². The molecule has 0 saturated carbocycles. The van der Waals surface area contributed by atoms with Gasteiger partial charge in [-0.15, -0.1) is 0 Å². The van der Waals surface area contributed by atoms with Crippen LogP contribution in [0.15, 0.2) is 42.5 Å². The molecule has 0 heterocycles. The second-order valence-electron chi connectivity index (χ2n) is 5.68. The third-order valence-corrected chi connectivity index (χ3v) is 6.03. The minimum absolute atomic E-state index is 0.164. The summed E-state index contributed by atoms with van der Waals surface area (Å²) in [5.41, 5.74) is 0.164. The summed E-state index contributed by atoms with van der Waals surface area (Å²) in [6, 6.07) is 12.5. The monoisotopic (exact) mass is 396 g/mol. The lowest BCUT2D eigenvalue weighted by atomic mass is 10.0. The maximum atomic E-state index is 11.3. The topological polar surface area (TPSA) is 37.3 Å². The Hall–Kier alpha value is -1.99. The Kier molecular flexibility index (Phi) is 3.81. The second-order valence-corrected chi connectivity index (χ2v) is 7.31. The molecule has 2 aromatic carbocycles. The molecule has 0 aromatic heterocycles. The normalized spacial score (nSPS) is 11.4. The van der Waals surface area contributed by atoms with Gasteiger partial charge in [0.2, 0.25) is 0 Å². The summed E-state index contributed by atoms with van der Waals surface area (Å²) in [5, 5.41) is 13.8. The van der Waals surface area contributed by atoms with Gasteiger partial charge >= 0.3 is 5.97 Å². The Morgan fingerprint density at radius 2 is 1.12 bits per heavy atom. The lowest BCUT2D eigenvalue weighted by molar-refractivity contribution is 0.0697. The summed E-state index contributed by atoms with van der Waals surface area (Å²) >= 11 is 22.7. The number of carboxylic acid groups (broad SMARTS) is 1. The highest BCUT2D eigenvalue weighted by Gasteiger charge is 2.11. The van der Waals surface area contributed by atoms with Crippen molar-refractivity contribution in [2.45, 2.75) is 0 Å². The Morgan fingerprint density at radius 1 is 0.680 bits per heavy atom. The molecule has 6 heteroatoms. The summed E-state index contributed by atoms with van der Waals surface area (Å²) in [4.78, 5) is 11.3. The highest BCUT2D eigenvalue weighted by atomic mass is 32.1. The molecule has 0 radical (unpaired) electrons. The van der Waals surface area contributed by atoms with Crippen molar-refractivity contribution in [3.05, 3.63) is 76.5 Å². The molecule has 0 bridgehead atoms. The van der Waals surface area contributed by atoms with Crippen LogP contribution in [0.4, 0.5) is 0 Å². The van der Waals surface area contributed by atoms with Crippen LogP contribution >= 0.6 is 48.9 Å². The highest BCUT2D eigenvalue weighted by molar-refractivity contribution is 7.73. The van der Waals surface area contributed by atoms with Crippen LogP contribution in [0.25, 0.3) is 21.5 Å². The molecular weight excluding hydrogens is 388 g/mol. The second kappa shape index (κ2) is 5.78. The van der Waals surface area contributed by atoms with E-state index in [0.717, 1.165) is 16.2 Å². The molecule has 0 atom stereocenters. The summed E-state index contributed by atoms with van der Waals surface area (Å²) in [6.45, 7) is 0. The fraction of sp³-hybridized carbons (Fsp3) is 0. The van der Waals surface area contributed by atoms with Gasteiger partial charge in [0.05, 0.1) is 23.6 Å². The number of carbonyl (C=O) groups is 1. The van der Waals surface area contributed by atoms with Gasteiger partial charge in [-0.3, -0.25) is 0 Å². The van der Waals surface area contributed by atoms with Crippen LogP contribution in [0.3, 0.4) is 0 Å². The molecule has 2 aliphatic rings. The number of rotatable bonds is 1. The van der Waals surface area contributed by atoms with Gasteiger partial charge in [-0.25, -0.2) is 4.79 Å². The van der Waals surface area contributed by atoms with Crippen molar-refractivity contribution in [3.63, 3.8) is 0 Å². The predicted molar refractivity (Wildman–Crippen MR) is 109 cm³/mol. The molecule has 0 saturated heterocycles. The zero-order valence-corrected chi connectivity index (χ0v) is 15.8. The van der Waals surface area contributed by atoms with E-state index in [2.05, 4.69) is 0 Å². The SMILES string of the molecule is O=C(O)c1ccc2c(=S)c3c(=S)c4ccccc4c(=S)c=3c(=S)c2c1. The Labute approximate surface area is 162 Å². The molecule has 0 spiro atoms. The van der Waals surface area contributed by atoms with Gasteiger partial charge in [0.25, 0.3) is 0 Å². The van der Waals surface area contributed by atoms with Crippen LogP contribution < -0.4 is 0 Å². The average Bonchev–Trinajstić information content (AvgIpc) is 2.62. The Balaban J connectivity index is 2.48. The molecule has 1 N–H and O–H groups in total. The number of carboxylic acids is 1. The molecule has 25 heavy (non-hydrogen) atoms. The Morgan fingerprint density at radius 3 is 1.60 bits per heavy atom. The number of hydrogen-bond acceptors (Lipinski definition) is 5. The number of benzene rings is 2. The standard InChI is InChI=1S/C19H8O2S4/c20-19(21)8-5-6-11-12(7-8)18(25)14-13(17(11)24)15(22)9-3-1-2-4-10(9)16(14)23/h1-7H,(H,20,21). The third kappa shape index (κ3) is 2.29.